The molecule has 0 radical (unpaired) electrons. The topological polar surface area (TPSA) is 29.9 Å². The second kappa shape index (κ2) is 6.53. The summed E-state index contributed by atoms with van der Waals surface area (Å²) in [7, 11) is 0. The normalized spacial score (nSPS) is 12.6. The Hall–Kier alpha value is -1.61. The highest BCUT2D eigenvalue weighted by atomic mass is 15.3. The molecule has 1 aromatic carbocycles. The van der Waals surface area contributed by atoms with Crippen LogP contribution in [0.5, 0.6) is 0 Å². The number of likely N-dealkylation sites (N-methyl/N-ethyl adjacent to an activating group) is 1. The summed E-state index contributed by atoms with van der Waals surface area (Å²) in [5, 5.41) is 7.93. The second-order valence-corrected chi connectivity index (χ2v) is 4.88. The van der Waals surface area contributed by atoms with Crippen molar-refractivity contribution >= 4 is 0 Å². The number of benzene rings is 1. The Kier molecular flexibility index (Phi) is 4.74. The van der Waals surface area contributed by atoms with Gasteiger partial charge in [-0.2, -0.15) is 5.10 Å². The Morgan fingerprint density at radius 3 is 2.68 bits per heavy atom. The van der Waals surface area contributed by atoms with Gasteiger partial charge in [-0.3, -0.25) is 4.68 Å². The molecule has 0 saturated heterocycles. The first kappa shape index (κ1) is 13.8. The van der Waals surface area contributed by atoms with Crippen LogP contribution in [0.3, 0.4) is 0 Å². The summed E-state index contributed by atoms with van der Waals surface area (Å²) in [5.74, 6) is 0. The van der Waals surface area contributed by atoms with Gasteiger partial charge in [0.15, 0.2) is 0 Å². The predicted octanol–water partition coefficient (Wildman–Crippen LogP) is 3.10. The average Bonchev–Trinajstić information content (AvgIpc) is 2.87. The van der Waals surface area contributed by atoms with Crippen molar-refractivity contribution in [3.05, 3.63) is 53.3 Å². The third kappa shape index (κ3) is 3.44. The van der Waals surface area contributed by atoms with Crippen molar-refractivity contribution in [2.24, 2.45) is 0 Å². The summed E-state index contributed by atoms with van der Waals surface area (Å²) < 4.78 is 1.98. The summed E-state index contributed by atoms with van der Waals surface area (Å²) in [4.78, 5) is 0. The van der Waals surface area contributed by atoms with Crippen molar-refractivity contribution < 1.29 is 0 Å². The molecule has 0 aliphatic heterocycles. The summed E-state index contributed by atoms with van der Waals surface area (Å²) in [6.45, 7) is 8.34. The van der Waals surface area contributed by atoms with Crippen LogP contribution in [0, 0.1) is 6.92 Å². The molecule has 1 heterocycles. The fraction of sp³-hybridized carbons (Fsp3) is 0.438. The average molecular weight is 257 g/mol. The van der Waals surface area contributed by atoms with E-state index in [0.717, 1.165) is 19.5 Å². The van der Waals surface area contributed by atoms with Crippen LogP contribution < -0.4 is 5.32 Å². The van der Waals surface area contributed by atoms with E-state index < -0.39 is 0 Å². The van der Waals surface area contributed by atoms with Crippen molar-refractivity contribution in [3.63, 3.8) is 0 Å². The number of nitrogens with one attached hydrogen (secondary N) is 1. The largest absolute Gasteiger partial charge is 0.310 e. The molecule has 102 valence electrons. The van der Waals surface area contributed by atoms with Crippen LogP contribution in [0.1, 0.15) is 36.6 Å². The zero-order valence-corrected chi connectivity index (χ0v) is 12.1. The summed E-state index contributed by atoms with van der Waals surface area (Å²) in [6, 6.07) is 8.96. The van der Waals surface area contributed by atoms with Crippen LogP contribution in [0.15, 0.2) is 36.7 Å². The number of nitrogens with zero attached hydrogens (tertiary/aromatic N) is 2. The smallest absolute Gasteiger partial charge is 0.0522 e. The molecule has 0 aliphatic rings. The molecule has 1 unspecified atom stereocenters. The summed E-state index contributed by atoms with van der Waals surface area (Å²) in [6.07, 6.45) is 5.10. The number of aromatic nitrogens is 2. The molecule has 1 aromatic heterocycles. The third-order valence-corrected chi connectivity index (χ3v) is 3.46. The van der Waals surface area contributed by atoms with Gasteiger partial charge in [-0.1, -0.05) is 31.2 Å². The van der Waals surface area contributed by atoms with Gasteiger partial charge in [-0.15, -0.1) is 0 Å². The molecule has 19 heavy (non-hydrogen) atoms. The minimum atomic E-state index is 0.362. The predicted molar refractivity (Wildman–Crippen MR) is 79.2 cm³/mol. The standard InChI is InChI=1S/C16H23N3/c1-4-17-16(15-9-7-6-8-13(15)3)10-14-11-18-19(5-2)12-14/h6-9,11-12,16-17H,4-5,10H2,1-3H3. The highest BCUT2D eigenvalue weighted by molar-refractivity contribution is 5.30. The highest BCUT2D eigenvalue weighted by Gasteiger charge is 2.13. The lowest BCUT2D eigenvalue weighted by Gasteiger charge is -2.19. The molecular formula is C16H23N3. The zero-order valence-electron chi connectivity index (χ0n) is 12.1. The molecule has 0 amide bonds. The molecule has 3 nitrogen and oxygen atoms in total. The number of aryl methyl sites for hydroxylation is 2. The maximum Gasteiger partial charge on any atom is 0.0522 e. The van der Waals surface area contributed by atoms with E-state index in [9.17, 15) is 0 Å². The number of hydrogen-bond donors (Lipinski definition) is 1. The van der Waals surface area contributed by atoms with Crippen LogP contribution in [-0.4, -0.2) is 16.3 Å². The van der Waals surface area contributed by atoms with E-state index in [1.54, 1.807) is 0 Å². The minimum Gasteiger partial charge on any atom is -0.310 e. The van der Waals surface area contributed by atoms with Gasteiger partial charge in [-0.05, 0) is 43.5 Å². The van der Waals surface area contributed by atoms with Gasteiger partial charge in [0.25, 0.3) is 0 Å². The summed E-state index contributed by atoms with van der Waals surface area (Å²) in [5.41, 5.74) is 4.01. The van der Waals surface area contributed by atoms with E-state index in [0.29, 0.717) is 6.04 Å². The number of rotatable bonds is 6. The molecule has 2 rings (SSSR count). The fourth-order valence-electron chi connectivity index (χ4n) is 2.44. The van der Waals surface area contributed by atoms with E-state index in [2.05, 4.69) is 61.6 Å². The highest BCUT2D eigenvalue weighted by Crippen LogP contribution is 2.21. The maximum absolute atomic E-state index is 4.35. The molecule has 3 heteroatoms. The van der Waals surface area contributed by atoms with E-state index in [-0.39, 0.29) is 0 Å². The third-order valence-electron chi connectivity index (χ3n) is 3.46. The van der Waals surface area contributed by atoms with Crippen LogP contribution in [0.4, 0.5) is 0 Å². The second-order valence-electron chi connectivity index (χ2n) is 4.88. The molecular weight excluding hydrogens is 234 g/mol. The number of hydrogen-bond acceptors (Lipinski definition) is 2. The van der Waals surface area contributed by atoms with Crippen LogP contribution in [-0.2, 0) is 13.0 Å². The first-order chi connectivity index (χ1) is 9.24. The molecule has 0 fully saturated rings. The Morgan fingerprint density at radius 1 is 1.26 bits per heavy atom. The van der Waals surface area contributed by atoms with E-state index in [1.807, 2.05) is 10.9 Å². The van der Waals surface area contributed by atoms with E-state index >= 15 is 0 Å². The SMILES string of the molecule is CCNC(Cc1cnn(CC)c1)c1ccccc1C. The van der Waals surface area contributed by atoms with Crippen LogP contribution in [0.2, 0.25) is 0 Å². The molecule has 2 aromatic rings. The monoisotopic (exact) mass is 257 g/mol. The molecule has 1 N–H and O–H groups in total. The lowest BCUT2D eigenvalue weighted by molar-refractivity contribution is 0.547. The van der Waals surface area contributed by atoms with Gasteiger partial charge < -0.3 is 5.32 Å². The first-order valence-electron chi connectivity index (χ1n) is 7.04. The van der Waals surface area contributed by atoms with Crippen molar-refractivity contribution in [1.82, 2.24) is 15.1 Å². The van der Waals surface area contributed by atoms with Crippen molar-refractivity contribution in [3.8, 4) is 0 Å². The van der Waals surface area contributed by atoms with Crippen molar-refractivity contribution in [2.45, 2.75) is 39.8 Å². The van der Waals surface area contributed by atoms with Gasteiger partial charge in [0.1, 0.15) is 0 Å². The molecule has 0 spiro atoms. The van der Waals surface area contributed by atoms with Gasteiger partial charge in [0.05, 0.1) is 6.20 Å². The Balaban J connectivity index is 2.18. The Morgan fingerprint density at radius 2 is 2.05 bits per heavy atom. The first-order valence-corrected chi connectivity index (χ1v) is 7.04. The summed E-state index contributed by atoms with van der Waals surface area (Å²) >= 11 is 0. The van der Waals surface area contributed by atoms with Gasteiger partial charge in [0.2, 0.25) is 0 Å². The van der Waals surface area contributed by atoms with E-state index in [4.69, 9.17) is 0 Å². The van der Waals surface area contributed by atoms with Crippen LogP contribution >= 0.6 is 0 Å². The Bertz CT molecular complexity index is 516. The van der Waals surface area contributed by atoms with Crippen molar-refractivity contribution in [1.29, 1.82) is 0 Å². The molecule has 0 saturated carbocycles. The van der Waals surface area contributed by atoms with Gasteiger partial charge >= 0.3 is 0 Å². The lowest BCUT2D eigenvalue weighted by atomic mass is 9.96. The maximum atomic E-state index is 4.35. The fourth-order valence-corrected chi connectivity index (χ4v) is 2.44. The van der Waals surface area contributed by atoms with Crippen LogP contribution in [0.25, 0.3) is 0 Å². The molecule has 0 bridgehead atoms. The molecule has 1 atom stereocenters. The van der Waals surface area contributed by atoms with Gasteiger partial charge in [-0.25, -0.2) is 0 Å². The minimum absolute atomic E-state index is 0.362. The van der Waals surface area contributed by atoms with E-state index in [1.165, 1.54) is 16.7 Å². The zero-order chi connectivity index (χ0) is 13.7. The Labute approximate surface area is 115 Å². The van der Waals surface area contributed by atoms with Gasteiger partial charge in [0, 0.05) is 18.8 Å². The lowest BCUT2D eigenvalue weighted by Crippen LogP contribution is -2.23. The van der Waals surface area contributed by atoms with Crippen molar-refractivity contribution in [2.75, 3.05) is 6.54 Å². The quantitative estimate of drug-likeness (QED) is 0.861. The molecule has 0 aliphatic carbocycles.